The van der Waals surface area contributed by atoms with Gasteiger partial charge >= 0.3 is 6.03 Å². The zero-order valence-corrected chi connectivity index (χ0v) is 15.2. The Hall–Kier alpha value is -2.08. The van der Waals surface area contributed by atoms with Crippen LogP contribution in [0.2, 0.25) is 0 Å². The van der Waals surface area contributed by atoms with Gasteiger partial charge in [0.05, 0.1) is 6.04 Å². The molecule has 1 fully saturated rings. The van der Waals surface area contributed by atoms with Crippen LogP contribution in [0, 0.1) is 12.7 Å². The zero-order valence-electron chi connectivity index (χ0n) is 15.2. The quantitative estimate of drug-likeness (QED) is 0.837. The lowest BCUT2D eigenvalue weighted by atomic mass is 10.1. The van der Waals surface area contributed by atoms with Gasteiger partial charge in [0.15, 0.2) is 0 Å². The lowest BCUT2D eigenvalue weighted by Gasteiger charge is -2.25. The standard InChI is InChI=1S/C19H26FN3O2/c1-11(23(4)15-6-7-15)10-21-19(24)22-13(3)18-12(2)16-9-14(20)5-8-17(16)25-18/h5,8-9,11,13,15H,6-7,10H2,1-4H3,(H2,21,22,24). The van der Waals surface area contributed by atoms with Gasteiger partial charge < -0.3 is 15.1 Å². The fraction of sp³-hybridized carbons (Fsp3) is 0.526. The van der Waals surface area contributed by atoms with E-state index in [0.717, 1.165) is 10.9 Å². The molecule has 6 heteroatoms. The Morgan fingerprint density at radius 3 is 2.80 bits per heavy atom. The number of carbonyl (C=O) groups is 1. The van der Waals surface area contributed by atoms with Crippen LogP contribution in [0.4, 0.5) is 9.18 Å². The number of benzene rings is 1. The van der Waals surface area contributed by atoms with Gasteiger partial charge in [0, 0.05) is 29.6 Å². The number of likely N-dealkylation sites (N-methyl/N-ethyl adjacent to an activating group) is 1. The smallest absolute Gasteiger partial charge is 0.315 e. The molecule has 0 saturated heterocycles. The van der Waals surface area contributed by atoms with Gasteiger partial charge in [-0.1, -0.05) is 0 Å². The van der Waals surface area contributed by atoms with Crippen molar-refractivity contribution in [1.29, 1.82) is 0 Å². The molecule has 0 spiro atoms. The Morgan fingerprint density at radius 1 is 1.40 bits per heavy atom. The number of aryl methyl sites for hydroxylation is 1. The summed E-state index contributed by atoms with van der Waals surface area (Å²) in [5.74, 6) is 0.356. The van der Waals surface area contributed by atoms with E-state index in [-0.39, 0.29) is 17.9 Å². The number of carbonyl (C=O) groups excluding carboxylic acids is 1. The zero-order chi connectivity index (χ0) is 18.1. The van der Waals surface area contributed by atoms with E-state index in [0.29, 0.717) is 30.0 Å². The second kappa shape index (κ2) is 7.04. The average Bonchev–Trinajstić information content (AvgIpc) is 3.37. The van der Waals surface area contributed by atoms with Crippen molar-refractivity contribution in [2.75, 3.05) is 13.6 Å². The molecule has 136 valence electrons. The first kappa shape index (κ1) is 17.7. The van der Waals surface area contributed by atoms with Gasteiger partial charge in [0.1, 0.15) is 17.2 Å². The molecule has 1 heterocycles. The molecule has 5 nitrogen and oxygen atoms in total. The second-order valence-electron chi connectivity index (χ2n) is 7.05. The predicted molar refractivity (Wildman–Crippen MR) is 96.1 cm³/mol. The third-order valence-electron chi connectivity index (χ3n) is 5.05. The maximum absolute atomic E-state index is 13.4. The average molecular weight is 347 g/mol. The summed E-state index contributed by atoms with van der Waals surface area (Å²) in [6.07, 6.45) is 2.49. The number of hydrogen-bond donors (Lipinski definition) is 2. The first-order valence-corrected chi connectivity index (χ1v) is 8.81. The molecule has 3 rings (SSSR count). The van der Waals surface area contributed by atoms with Crippen LogP contribution in [0.1, 0.15) is 44.1 Å². The maximum Gasteiger partial charge on any atom is 0.315 e. The molecule has 25 heavy (non-hydrogen) atoms. The van der Waals surface area contributed by atoms with Gasteiger partial charge in [0.2, 0.25) is 0 Å². The molecule has 1 aliphatic carbocycles. The third-order valence-corrected chi connectivity index (χ3v) is 5.05. The van der Waals surface area contributed by atoms with Crippen LogP contribution in [0.5, 0.6) is 0 Å². The Morgan fingerprint density at radius 2 is 2.12 bits per heavy atom. The Labute approximate surface area is 147 Å². The highest BCUT2D eigenvalue weighted by molar-refractivity contribution is 5.82. The number of amides is 2. The number of urea groups is 1. The molecule has 1 aliphatic rings. The predicted octanol–water partition coefficient (Wildman–Crippen LogP) is 3.72. The van der Waals surface area contributed by atoms with E-state index >= 15 is 0 Å². The summed E-state index contributed by atoms with van der Waals surface area (Å²) in [6, 6.07) is 4.88. The summed E-state index contributed by atoms with van der Waals surface area (Å²) in [6.45, 7) is 6.44. The summed E-state index contributed by atoms with van der Waals surface area (Å²) >= 11 is 0. The minimum atomic E-state index is -0.299. The Balaban J connectivity index is 1.58. The normalized spacial score (nSPS) is 16.9. The Kier molecular flexibility index (Phi) is 4.99. The summed E-state index contributed by atoms with van der Waals surface area (Å²) in [5.41, 5.74) is 1.48. The molecule has 2 amide bonds. The topological polar surface area (TPSA) is 57.5 Å². The second-order valence-corrected chi connectivity index (χ2v) is 7.05. The van der Waals surface area contributed by atoms with Crippen molar-refractivity contribution in [1.82, 2.24) is 15.5 Å². The van der Waals surface area contributed by atoms with E-state index in [4.69, 9.17) is 4.42 Å². The number of hydrogen-bond acceptors (Lipinski definition) is 3. The third kappa shape index (κ3) is 3.95. The largest absolute Gasteiger partial charge is 0.459 e. The van der Waals surface area contributed by atoms with Gasteiger partial charge in [-0.3, -0.25) is 4.90 Å². The highest BCUT2D eigenvalue weighted by Gasteiger charge is 2.29. The van der Waals surface area contributed by atoms with Crippen LogP contribution in [0.15, 0.2) is 22.6 Å². The van der Waals surface area contributed by atoms with Crippen molar-refractivity contribution < 1.29 is 13.6 Å². The molecule has 1 saturated carbocycles. The molecule has 2 unspecified atom stereocenters. The van der Waals surface area contributed by atoms with Gasteiger partial charge in [-0.2, -0.15) is 0 Å². The van der Waals surface area contributed by atoms with E-state index in [2.05, 4.69) is 29.5 Å². The minimum Gasteiger partial charge on any atom is -0.459 e. The van der Waals surface area contributed by atoms with Crippen LogP contribution in [0.25, 0.3) is 11.0 Å². The molecular formula is C19H26FN3O2. The monoisotopic (exact) mass is 347 g/mol. The summed E-state index contributed by atoms with van der Waals surface area (Å²) < 4.78 is 19.2. The number of nitrogens with one attached hydrogen (secondary N) is 2. The molecule has 2 atom stereocenters. The van der Waals surface area contributed by atoms with Crippen LogP contribution in [-0.4, -0.2) is 36.6 Å². The van der Waals surface area contributed by atoms with Crippen LogP contribution >= 0.6 is 0 Å². The van der Waals surface area contributed by atoms with Gasteiger partial charge in [-0.05, 0) is 58.9 Å². The minimum absolute atomic E-state index is 0.227. The van der Waals surface area contributed by atoms with Gasteiger partial charge in [0.25, 0.3) is 0 Å². The lowest BCUT2D eigenvalue weighted by Crippen LogP contribution is -2.45. The molecular weight excluding hydrogens is 321 g/mol. The molecule has 1 aromatic heterocycles. The highest BCUT2D eigenvalue weighted by atomic mass is 19.1. The van der Waals surface area contributed by atoms with Crippen LogP contribution in [0.3, 0.4) is 0 Å². The van der Waals surface area contributed by atoms with E-state index in [1.165, 1.54) is 25.0 Å². The number of rotatable bonds is 6. The van der Waals surface area contributed by atoms with Crippen LogP contribution < -0.4 is 10.6 Å². The Bertz CT molecular complexity index is 769. The van der Waals surface area contributed by atoms with E-state index in [1.807, 2.05) is 13.8 Å². The summed E-state index contributed by atoms with van der Waals surface area (Å²) in [7, 11) is 2.10. The molecule has 2 N–H and O–H groups in total. The van der Waals surface area contributed by atoms with Crippen molar-refractivity contribution in [3.63, 3.8) is 0 Å². The molecule has 0 bridgehead atoms. The van der Waals surface area contributed by atoms with Crippen molar-refractivity contribution in [2.24, 2.45) is 0 Å². The fourth-order valence-corrected chi connectivity index (χ4v) is 3.16. The van der Waals surface area contributed by atoms with Crippen molar-refractivity contribution in [2.45, 2.75) is 51.7 Å². The van der Waals surface area contributed by atoms with Crippen molar-refractivity contribution in [3.05, 3.63) is 35.3 Å². The molecule has 2 aromatic rings. The van der Waals surface area contributed by atoms with E-state index in [1.54, 1.807) is 6.07 Å². The molecule has 0 aliphatic heterocycles. The van der Waals surface area contributed by atoms with Gasteiger partial charge in [-0.15, -0.1) is 0 Å². The van der Waals surface area contributed by atoms with E-state index in [9.17, 15) is 9.18 Å². The highest BCUT2D eigenvalue weighted by Crippen LogP contribution is 2.30. The van der Waals surface area contributed by atoms with Crippen molar-refractivity contribution in [3.8, 4) is 0 Å². The fourth-order valence-electron chi connectivity index (χ4n) is 3.16. The van der Waals surface area contributed by atoms with Gasteiger partial charge in [-0.25, -0.2) is 9.18 Å². The first-order chi connectivity index (χ1) is 11.9. The number of fused-ring (bicyclic) bond motifs is 1. The summed E-state index contributed by atoms with van der Waals surface area (Å²) in [4.78, 5) is 14.5. The lowest BCUT2D eigenvalue weighted by molar-refractivity contribution is 0.219. The number of nitrogens with zero attached hydrogens (tertiary/aromatic N) is 1. The van der Waals surface area contributed by atoms with Crippen molar-refractivity contribution >= 4 is 17.0 Å². The maximum atomic E-state index is 13.4. The first-order valence-electron chi connectivity index (χ1n) is 8.81. The summed E-state index contributed by atoms with van der Waals surface area (Å²) in [5, 5.41) is 6.55. The SMILES string of the molecule is Cc1c(C(C)NC(=O)NCC(C)N(C)C2CC2)oc2ccc(F)cc12. The number of halogens is 1. The van der Waals surface area contributed by atoms with Crippen LogP contribution in [-0.2, 0) is 0 Å². The molecule has 0 radical (unpaired) electrons. The molecule has 1 aromatic carbocycles. The number of furan rings is 1. The van der Waals surface area contributed by atoms with E-state index < -0.39 is 0 Å².